The minimum absolute atomic E-state index is 0.153. The van der Waals surface area contributed by atoms with Gasteiger partial charge in [-0.05, 0) is 44.1 Å². The third-order valence-electron chi connectivity index (χ3n) is 5.42. The van der Waals surface area contributed by atoms with Gasteiger partial charge in [0, 0.05) is 32.2 Å². The fourth-order valence-corrected chi connectivity index (χ4v) is 3.78. The summed E-state index contributed by atoms with van der Waals surface area (Å²) in [7, 11) is 3.13. The number of methoxy groups -OCH3 is 2. The standard InChI is InChI=1S/C22H29NO6/c1-26-11-13-28-20-4-3-17(15-19(20)21(24)29-14-12-27-2)5-8-22(25)16-23-9-6-18(22)7-10-23/h3-4,15,18,25H,6-7,9-14,16H2,1-2H3. The van der Waals surface area contributed by atoms with Crippen LogP contribution in [0.5, 0.6) is 5.75 Å². The predicted molar refractivity (Wildman–Crippen MR) is 107 cm³/mol. The van der Waals surface area contributed by atoms with Gasteiger partial charge >= 0.3 is 5.97 Å². The highest BCUT2D eigenvalue weighted by molar-refractivity contribution is 5.93. The van der Waals surface area contributed by atoms with Crippen LogP contribution in [0.3, 0.4) is 0 Å². The van der Waals surface area contributed by atoms with E-state index in [0.717, 1.165) is 25.9 Å². The van der Waals surface area contributed by atoms with Crippen molar-refractivity contribution in [3.05, 3.63) is 29.3 Å². The Morgan fingerprint density at radius 3 is 2.55 bits per heavy atom. The van der Waals surface area contributed by atoms with E-state index in [0.29, 0.717) is 43.2 Å². The van der Waals surface area contributed by atoms with Crippen LogP contribution in [0.25, 0.3) is 0 Å². The summed E-state index contributed by atoms with van der Waals surface area (Å²) in [5, 5.41) is 11.0. The number of rotatable bonds is 8. The Hall–Kier alpha value is -2.11. The van der Waals surface area contributed by atoms with Gasteiger partial charge in [-0.1, -0.05) is 11.8 Å². The number of esters is 1. The molecule has 1 aromatic rings. The van der Waals surface area contributed by atoms with Crippen LogP contribution in [0, 0.1) is 17.8 Å². The van der Waals surface area contributed by atoms with Crippen molar-refractivity contribution in [1.82, 2.24) is 4.90 Å². The normalized spacial score (nSPS) is 25.2. The van der Waals surface area contributed by atoms with Crippen molar-refractivity contribution in [2.75, 3.05) is 60.3 Å². The Morgan fingerprint density at radius 1 is 1.17 bits per heavy atom. The summed E-state index contributed by atoms with van der Waals surface area (Å²) < 4.78 is 20.8. The maximum absolute atomic E-state index is 12.5. The van der Waals surface area contributed by atoms with Gasteiger partial charge in [-0.3, -0.25) is 4.90 Å². The molecule has 1 N–H and O–H groups in total. The molecule has 158 valence electrons. The second-order valence-corrected chi connectivity index (χ2v) is 7.41. The minimum atomic E-state index is -0.997. The van der Waals surface area contributed by atoms with Crippen molar-refractivity contribution in [2.24, 2.45) is 5.92 Å². The highest BCUT2D eigenvalue weighted by Gasteiger charge is 2.44. The molecule has 1 atom stereocenters. The van der Waals surface area contributed by atoms with Crippen LogP contribution in [-0.2, 0) is 14.2 Å². The largest absolute Gasteiger partial charge is 0.490 e. The monoisotopic (exact) mass is 403 g/mol. The van der Waals surface area contributed by atoms with Crippen LogP contribution in [-0.4, -0.2) is 81.9 Å². The highest BCUT2D eigenvalue weighted by Crippen LogP contribution is 2.35. The molecule has 29 heavy (non-hydrogen) atoms. The first kappa shape index (κ1) is 21.6. The maximum atomic E-state index is 12.5. The summed E-state index contributed by atoms with van der Waals surface area (Å²) in [6.07, 6.45) is 1.93. The van der Waals surface area contributed by atoms with E-state index < -0.39 is 11.6 Å². The summed E-state index contributed by atoms with van der Waals surface area (Å²) in [5.74, 6) is 6.24. The van der Waals surface area contributed by atoms with Crippen molar-refractivity contribution >= 4 is 5.97 Å². The average molecular weight is 403 g/mol. The number of hydrogen-bond acceptors (Lipinski definition) is 7. The van der Waals surface area contributed by atoms with Gasteiger partial charge in [-0.2, -0.15) is 0 Å². The Balaban J connectivity index is 1.79. The Kier molecular flexibility index (Phi) is 7.51. The van der Waals surface area contributed by atoms with Crippen LogP contribution < -0.4 is 4.74 Å². The van der Waals surface area contributed by atoms with Gasteiger partial charge in [0.2, 0.25) is 0 Å². The Morgan fingerprint density at radius 2 is 1.90 bits per heavy atom. The third kappa shape index (κ3) is 5.49. The minimum Gasteiger partial charge on any atom is -0.490 e. The number of fused-ring (bicyclic) bond motifs is 3. The van der Waals surface area contributed by atoms with Gasteiger partial charge in [-0.25, -0.2) is 4.79 Å². The number of carbonyl (C=O) groups is 1. The molecule has 3 saturated heterocycles. The van der Waals surface area contributed by atoms with E-state index in [1.54, 1.807) is 32.4 Å². The molecule has 3 aliphatic heterocycles. The van der Waals surface area contributed by atoms with Crippen molar-refractivity contribution < 1.29 is 28.8 Å². The third-order valence-corrected chi connectivity index (χ3v) is 5.42. The van der Waals surface area contributed by atoms with Gasteiger partial charge < -0.3 is 24.1 Å². The van der Waals surface area contributed by atoms with Gasteiger partial charge in [0.1, 0.15) is 30.1 Å². The van der Waals surface area contributed by atoms with Crippen LogP contribution in [0.1, 0.15) is 28.8 Å². The zero-order valence-electron chi connectivity index (χ0n) is 17.1. The number of hydrogen-bond donors (Lipinski definition) is 1. The van der Waals surface area contributed by atoms with Crippen molar-refractivity contribution in [1.29, 1.82) is 0 Å². The van der Waals surface area contributed by atoms with E-state index in [1.807, 2.05) is 0 Å². The first-order valence-corrected chi connectivity index (χ1v) is 9.95. The quantitative estimate of drug-likeness (QED) is 0.399. The molecule has 1 unspecified atom stereocenters. The van der Waals surface area contributed by atoms with Crippen LogP contribution in [0.4, 0.5) is 0 Å². The van der Waals surface area contributed by atoms with Gasteiger partial charge in [0.15, 0.2) is 0 Å². The lowest BCUT2D eigenvalue weighted by Crippen LogP contribution is -2.58. The van der Waals surface area contributed by atoms with E-state index in [4.69, 9.17) is 18.9 Å². The summed E-state index contributed by atoms with van der Waals surface area (Å²) >= 11 is 0. The van der Waals surface area contributed by atoms with Gasteiger partial charge in [-0.15, -0.1) is 0 Å². The molecule has 0 radical (unpaired) electrons. The number of piperidine rings is 3. The molecule has 3 fully saturated rings. The average Bonchev–Trinajstić information content (AvgIpc) is 2.74. The molecule has 0 amide bonds. The second kappa shape index (κ2) is 10.1. The summed E-state index contributed by atoms with van der Waals surface area (Å²) in [4.78, 5) is 14.8. The topological polar surface area (TPSA) is 77.5 Å². The van der Waals surface area contributed by atoms with Crippen molar-refractivity contribution in [2.45, 2.75) is 18.4 Å². The Labute approximate surface area is 171 Å². The molecule has 1 aromatic carbocycles. The Bertz CT molecular complexity index is 762. The molecule has 2 bridgehead atoms. The molecule has 0 saturated carbocycles. The maximum Gasteiger partial charge on any atom is 0.342 e. The fraction of sp³-hybridized carbons (Fsp3) is 0.591. The van der Waals surface area contributed by atoms with Crippen LogP contribution >= 0.6 is 0 Å². The number of nitrogens with zero attached hydrogens (tertiary/aromatic N) is 1. The number of ether oxygens (including phenoxy) is 4. The SMILES string of the molecule is COCCOC(=O)c1cc(C#CC2(O)CN3CCC2CC3)ccc1OCCOC. The van der Waals surface area contributed by atoms with Crippen molar-refractivity contribution in [3.8, 4) is 17.6 Å². The lowest BCUT2D eigenvalue weighted by atomic mass is 9.76. The smallest absolute Gasteiger partial charge is 0.342 e. The van der Waals surface area contributed by atoms with E-state index in [9.17, 15) is 9.90 Å². The molecular formula is C22H29NO6. The van der Waals surface area contributed by atoms with Crippen LogP contribution in [0.2, 0.25) is 0 Å². The molecule has 0 aliphatic carbocycles. The van der Waals surface area contributed by atoms with E-state index in [1.165, 1.54) is 0 Å². The fourth-order valence-electron chi connectivity index (χ4n) is 3.78. The van der Waals surface area contributed by atoms with E-state index in [-0.39, 0.29) is 12.5 Å². The molecule has 3 heterocycles. The summed E-state index contributed by atoms with van der Waals surface area (Å²) in [6.45, 7) is 3.83. The molecular weight excluding hydrogens is 374 g/mol. The van der Waals surface area contributed by atoms with Crippen molar-refractivity contribution in [3.63, 3.8) is 0 Å². The zero-order valence-corrected chi connectivity index (χ0v) is 17.1. The van der Waals surface area contributed by atoms with Gasteiger partial charge in [0.05, 0.1) is 13.2 Å². The zero-order chi connectivity index (χ0) is 20.7. The molecule has 7 nitrogen and oxygen atoms in total. The van der Waals surface area contributed by atoms with E-state index >= 15 is 0 Å². The molecule has 3 aliphatic rings. The number of benzene rings is 1. The first-order chi connectivity index (χ1) is 14.1. The lowest BCUT2D eigenvalue weighted by molar-refractivity contribution is -0.0713. The number of carbonyl (C=O) groups excluding carboxylic acids is 1. The van der Waals surface area contributed by atoms with Gasteiger partial charge in [0.25, 0.3) is 0 Å². The van der Waals surface area contributed by atoms with E-state index in [2.05, 4.69) is 16.7 Å². The highest BCUT2D eigenvalue weighted by atomic mass is 16.6. The molecule has 0 aromatic heterocycles. The summed E-state index contributed by atoms with van der Waals surface area (Å²) in [5.41, 5.74) is -0.0685. The molecule has 4 rings (SSSR count). The number of aliphatic hydroxyl groups is 1. The lowest BCUT2D eigenvalue weighted by Gasteiger charge is -2.47. The molecule has 7 heteroatoms. The van der Waals surface area contributed by atoms with Crippen LogP contribution in [0.15, 0.2) is 18.2 Å². The first-order valence-electron chi connectivity index (χ1n) is 9.95. The second-order valence-electron chi connectivity index (χ2n) is 7.41. The predicted octanol–water partition coefficient (Wildman–Crippen LogP) is 1.32. The summed E-state index contributed by atoms with van der Waals surface area (Å²) in [6, 6.07) is 5.13. The molecule has 0 spiro atoms.